The fraction of sp³-hybridized carbons (Fsp3) is 0.105. The zero-order valence-corrected chi connectivity index (χ0v) is 12.9. The fourth-order valence-electron chi connectivity index (χ4n) is 2.43. The smallest absolute Gasteiger partial charge is 0.335 e. The van der Waals surface area contributed by atoms with E-state index in [-0.39, 0.29) is 0 Å². The lowest BCUT2D eigenvalue weighted by Crippen LogP contribution is -2.30. The van der Waals surface area contributed by atoms with Gasteiger partial charge in [-0.3, -0.25) is 0 Å². The monoisotopic (exact) mass is 306 g/mol. The van der Waals surface area contributed by atoms with Gasteiger partial charge in [0.05, 0.1) is 5.56 Å². The Bertz CT molecular complexity index is 807. The molecular weight excluding hydrogens is 288 g/mol. The molecule has 0 radical (unpaired) electrons. The van der Waals surface area contributed by atoms with E-state index in [4.69, 9.17) is 5.11 Å². The number of carboxylic acid groups (broad SMARTS) is 1. The maximum atomic E-state index is 10.9. The lowest BCUT2D eigenvalue weighted by Gasteiger charge is -2.01. The topological polar surface area (TPSA) is 45.1 Å². The number of hydrogen-bond donors (Lipinski definition) is 1. The summed E-state index contributed by atoms with van der Waals surface area (Å²) in [7, 11) is 0. The molecule has 114 valence electrons. The molecule has 1 aromatic carbocycles. The first-order chi connectivity index (χ1) is 11.2. The summed E-state index contributed by atoms with van der Waals surface area (Å²) < 4.78 is 4.08. The Morgan fingerprint density at radius 3 is 1.87 bits per heavy atom. The number of pyridine rings is 2. The summed E-state index contributed by atoms with van der Waals surface area (Å²) in [6.45, 7) is 3.07. The number of benzene rings is 1. The van der Waals surface area contributed by atoms with Crippen LogP contribution >= 0.6 is 0 Å². The number of aryl methyl sites for hydroxylation is 1. The summed E-state index contributed by atoms with van der Waals surface area (Å²) in [4.78, 5) is 10.9. The SMILES string of the molecule is CC[n+]1ccc(-c2cc[n+](-c3ccc(C(=O)O)cc3)cc2)cc1. The Morgan fingerprint density at radius 1 is 0.870 bits per heavy atom. The molecule has 2 heterocycles. The largest absolute Gasteiger partial charge is 0.478 e. The number of carboxylic acids is 1. The van der Waals surface area contributed by atoms with Gasteiger partial charge in [-0.1, -0.05) is 0 Å². The van der Waals surface area contributed by atoms with Crippen molar-refractivity contribution in [1.82, 2.24) is 0 Å². The molecule has 4 heteroatoms. The summed E-state index contributed by atoms with van der Waals surface area (Å²) in [6.07, 6.45) is 8.10. The number of hydrogen-bond acceptors (Lipinski definition) is 1. The van der Waals surface area contributed by atoms with Gasteiger partial charge >= 0.3 is 5.97 Å². The second-order valence-electron chi connectivity index (χ2n) is 5.26. The molecule has 4 nitrogen and oxygen atoms in total. The van der Waals surface area contributed by atoms with Gasteiger partial charge in [0.25, 0.3) is 0 Å². The second-order valence-corrected chi connectivity index (χ2v) is 5.26. The zero-order valence-electron chi connectivity index (χ0n) is 12.9. The lowest BCUT2D eigenvalue weighted by atomic mass is 10.1. The molecule has 1 N–H and O–H groups in total. The highest BCUT2D eigenvalue weighted by molar-refractivity contribution is 5.87. The minimum Gasteiger partial charge on any atom is -0.478 e. The number of rotatable bonds is 4. The Labute approximate surface area is 134 Å². The maximum Gasteiger partial charge on any atom is 0.335 e. The van der Waals surface area contributed by atoms with Crippen LogP contribution in [0.1, 0.15) is 17.3 Å². The van der Waals surface area contributed by atoms with E-state index in [0.29, 0.717) is 5.56 Å². The highest BCUT2D eigenvalue weighted by Crippen LogP contribution is 2.16. The predicted molar refractivity (Wildman–Crippen MR) is 86.2 cm³/mol. The summed E-state index contributed by atoms with van der Waals surface area (Å²) in [6, 6.07) is 15.1. The van der Waals surface area contributed by atoms with E-state index >= 15 is 0 Å². The summed E-state index contributed by atoms with van der Waals surface area (Å²) in [5.74, 6) is -0.912. The molecule has 0 bridgehead atoms. The third-order valence-corrected chi connectivity index (χ3v) is 3.83. The molecule has 0 aliphatic heterocycles. The highest BCUT2D eigenvalue weighted by Gasteiger charge is 2.09. The van der Waals surface area contributed by atoms with E-state index in [9.17, 15) is 4.79 Å². The fourth-order valence-corrected chi connectivity index (χ4v) is 2.43. The van der Waals surface area contributed by atoms with E-state index in [2.05, 4.69) is 48.1 Å². The number of nitrogens with zero attached hydrogens (tertiary/aromatic N) is 2. The van der Waals surface area contributed by atoms with E-state index in [1.165, 1.54) is 5.56 Å². The van der Waals surface area contributed by atoms with Crippen LogP contribution in [-0.2, 0) is 6.54 Å². The Balaban J connectivity index is 1.84. The molecule has 23 heavy (non-hydrogen) atoms. The first kappa shape index (κ1) is 14.9. The van der Waals surface area contributed by atoms with Crippen molar-refractivity contribution in [2.24, 2.45) is 0 Å². The first-order valence-corrected chi connectivity index (χ1v) is 7.52. The quantitative estimate of drug-likeness (QED) is 0.753. The first-order valence-electron chi connectivity index (χ1n) is 7.52. The van der Waals surface area contributed by atoms with Gasteiger partial charge in [-0.15, -0.1) is 0 Å². The third-order valence-electron chi connectivity index (χ3n) is 3.83. The van der Waals surface area contributed by atoms with Crippen molar-refractivity contribution in [3.05, 3.63) is 78.9 Å². The Hall–Kier alpha value is -3.01. The zero-order chi connectivity index (χ0) is 16.2. The molecule has 0 atom stereocenters. The Morgan fingerprint density at radius 2 is 1.39 bits per heavy atom. The molecular formula is C19H18N2O2+2. The molecule has 0 amide bonds. The number of aromatic carboxylic acids is 1. The molecule has 3 rings (SSSR count). The lowest BCUT2D eigenvalue weighted by molar-refractivity contribution is -0.693. The molecule has 2 aromatic heterocycles. The van der Waals surface area contributed by atoms with Crippen LogP contribution < -0.4 is 9.13 Å². The number of aromatic nitrogens is 2. The van der Waals surface area contributed by atoms with Crippen LogP contribution in [0.5, 0.6) is 0 Å². The maximum absolute atomic E-state index is 10.9. The summed E-state index contributed by atoms with van der Waals surface area (Å²) >= 11 is 0. The van der Waals surface area contributed by atoms with Crippen LogP contribution in [0.15, 0.2) is 73.3 Å². The van der Waals surface area contributed by atoms with Gasteiger partial charge in [-0.2, -0.15) is 4.57 Å². The van der Waals surface area contributed by atoms with Crippen LogP contribution in [-0.4, -0.2) is 11.1 Å². The van der Waals surface area contributed by atoms with Gasteiger partial charge in [-0.05, 0) is 30.2 Å². The molecule has 3 aromatic rings. The molecule has 0 unspecified atom stereocenters. The molecule has 0 fully saturated rings. The summed E-state index contributed by atoms with van der Waals surface area (Å²) in [5, 5.41) is 8.94. The van der Waals surface area contributed by atoms with E-state index in [0.717, 1.165) is 17.8 Å². The van der Waals surface area contributed by atoms with Crippen LogP contribution in [0.4, 0.5) is 0 Å². The molecule has 0 aliphatic carbocycles. The third kappa shape index (κ3) is 3.26. The predicted octanol–water partition coefficient (Wildman–Crippen LogP) is 2.64. The van der Waals surface area contributed by atoms with Gasteiger partial charge in [-0.25, -0.2) is 9.36 Å². The van der Waals surface area contributed by atoms with Gasteiger partial charge in [0.2, 0.25) is 5.69 Å². The van der Waals surface area contributed by atoms with Crippen LogP contribution in [0.2, 0.25) is 0 Å². The van der Waals surface area contributed by atoms with Crippen molar-refractivity contribution in [3.63, 3.8) is 0 Å². The van der Waals surface area contributed by atoms with Crippen LogP contribution in [0, 0.1) is 0 Å². The number of carbonyl (C=O) groups is 1. The van der Waals surface area contributed by atoms with Gasteiger partial charge < -0.3 is 5.11 Å². The highest BCUT2D eigenvalue weighted by atomic mass is 16.4. The van der Waals surface area contributed by atoms with Crippen molar-refractivity contribution < 1.29 is 19.0 Å². The second kappa shape index (κ2) is 6.40. The average molecular weight is 306 g/mol. The minimum absolute atomic E-state index is 0.291. The van der Waals surface area contributed by atoms with Crippen molar-refractivity contribution >= 4 is 5.97 Å². The molecule has 0 saturated heterocycles. The normalized spacial score (nSPS) is 10.5. The van der Waals surface area contributed by atoms with Crippen LogP contribution in [0.25, 0.3) is 16.8 Å². The summed E-state index contributed by atoms with van der Waals surface area (Å²) in [5.41, 5.74) is 3.53. The van der Waals surface area contributed by atoms with Crippen LogP contribution in [0.3, 0.4) is 0 Å². The van der Waals surface area contributed by atoms with E-state index < -0.39 is 5.97 Å². The van der Waals surface area contributed by atoms with Crippen molar-refractivity contribution in [1.29, 1.82) is 0 Å². The minimum atomic E-state index is -0.912. The van der Waals surface area contributed by atoms with Gasteiger partial charge in [0.15, 0.2) is 24.8 Å². The van der Waals surface area contributed by atoms with E-state index in [1.807, 2.05) is 17.0 Å². The van der Waals surface area contributed by atoms with E-state index in [1.54, 1.807) is 24.3 Å². The Kier molecular flexibility index (Phi) is 4.15. The van der Waals surface area contributed by atoms with Crippen molar-refractivity contribution in [2.45, 2.75) is 13.5 Å². The molecule has 0 aliphatic rings. The standard InChI is InChI=1S/C19H17N2O2/c1-2-20-11-7-15(8-12-20)16-9-13-21(14-10-16)18-5-3-17(4-6-18)19(22)23/h3-14H,2H2,1H3/q+1/p+1. The average Bonchev–Trinajstić information content (AvgIpc) is 2.62. The van der Waals surface area contributed by atoms with Gasteiger partial charge in [0.1, 0.15) is 6.54 Å². The van der Waals surface area contributed by atoms with Gasteiger partial charge in [0, 0.05) is 36.4 Å². The van der Waals surface area contributed by atoms with Crippen molar-refractivity contribution in [2.75, 3.05) is 0 Å². The molecule has 0 spiro atoms. The van der Waals surface area contributed by atoms with Crippen molar-refractivity contribution in [3.8, 4) is 16.8 Å². The molecule has 0 saturated carbocycles.